The zero-order chi connectivity index (χ0) is 18.7. The van der Waals surface area contributed by atoms with E-state index in [0.29, 0.717) is 5.92 Å². The first-order valence-electron chi connectivity index (χ1n) is 9.21. The van der Waals surface area contributed by atoms with Gasteiger partial charge in [-0.25, -0.2) is 0 Å². The Balaban J connectivity index is 2.86. The summed E-state index contributed by atoms with van der Waals surface area (Å²) in [5, 5.41) is 3.30. The summed E-state index contributed by atoms with van der Waals surface area (Å²) in [6, 6.07) is 8.64. The van der Waals surface area contributed by atoms with Crippen molar-refractivity contribution >= 4 is 5.91 Å². The summed E-state index contributed by atoms with van der Waals surface area (Å²) >= 11 is 0. The average molecular weight is 332 g/mol. The van der Waals surface area contributed by atoms with Crippen LogP contribution in [0.4, 0.5) is 0 Å². The van der Waals surface area contributed by atoms with Crippen molar-refractivity contribution in [2.24, 2.45) is 16.7 Å². The molecule has 24 heavy (non-hydrogen) atoms. The first kappa shape index (κ1) is 20.7. The third-order valence-electron chi connectivity index (χ3n) is 4.54. The van der Waals surface area contributed by atoms with E-state index in [2.05, 4.69) is 85.0 Å². The molecule has 1 N–H and O–H groups in total. The summed E-state index contributed by atoms with van der Waals surface area (Å²) in [6.07, 6.45) is 1.08. The van der Waals surface area contributed by atoms with E-state index in [1.54, 1.807) is 0 Å². The highest BCUT2D eigenvalue weighted by atomic mass is 16.1. The molecular weight excluding hydrogens is 294 g/mol. The smallest absolute Gasteiger partial charge is 0.227 e. The van der Waals surface area contributed by atoms with Crippen LogP contribution in [0.3, 0.4) is 0 Å². The zero-order valence-electron chi connectivity index (χ0n) is 17.2. The number of hydrogen-bond donors (Lipinski definition) is 1. The topological polar surface area (TPSA) is 29.1 Å². The molecule has 0 aliphatic rings. The Morgan fingerprint density at radius 2 is 1.38 bits per heavy atom. The van der Waals surface area contributed by atoms with Gasteiger partial charge in [0.2, 0.25) is 5.91 Å². The second kappa shape index (κ2) is 7.72. The van der Waals surface area contributed by atoms with E-state index < -0.39 is 0 Å². The van der Waals surface area contributed by atoms with Gasteiger partial charge in [0.1, 0.15) is 0 Å². The second-order valence-corrected chi connectivity index (χ2v) is 9.73. The van der Waals surface area contributed by atoms with E-state index in [4.69, 9.17) is 0 Å². The maximum atomic E-state index is 12.8. The molecule has 0 aliphatic carbocycles. The fraction of sp³-hybridized carbons (Fsp3) is 0.682. The average Bonchev–Trinajstić information content (AvgIpc) is 2.41. The summed E-state index contributed by atoms with van der Waals surface area (Å²) in [7, 11) is 0. The van der Waals surface area contributed by atoms with Gasteiger partial charge in [-0.1, -0.05) is 79.7 Å². The number of benzene rings is 1. The molecular formula is C22H37NO. The predicted octanol–water partition coefficient (Wildman–Crippen LogP) is 5.57. The number of carbonyl (C=O) groups is 1. The first-order chi connectivity index (χ1) is 10.8. The number of hydrogen-bond acceptors (Lipinski definition) is 1. The molecule has 1 aromatic carbocycles. The molecule has 136 valence electrons. The number of rotatable bonds is 5. The van der Waals surface area contributed by atoms with E-state index in [-0.39, 0.29) is 28.7 Å². The van der Waals surface area contributed by atoms with Crippen LogP contribution in [0, 0.1) is 16.7 Å². The van der Waals surface area contributed by atoms with E-state index >= 15 is 0 Å². The number of nitrogens with one attached hydrogen (secondary N) is 1. The van der Waals surface area contributed by atoms with Gasteiger partial charge in [-0.05, 0) is 41.2 Å². The minimum Gasteiger partial charge on any atom is -0.352 e. The van der Waals surface area contributed by atoms with E-state index in [9.17, 15) is 4.79 Å². The molecule has 0 heterocycles. The van der Waals surface area contributed by atoms with Crippen molar-refractivity contribution in [1.29, 1.82) is 0 Å². The summed E-state index contributed by atoms with van der Waals surface area (Å²) in [5.41, 5.74) is 2.47. The van der Waals surface area contributed by atoms with Crippen LogP contribution in [0.5, 0.6) is 0 Å². The Kier molecular flexibility index (Phi) is 6.67. The summed E-state index contributed by atoms with van der Waals surface area (Å²) in [5.74, 6) is 0.627. The van der Waals surface area contributed by atoms with Crippen LogP contribution in [0.1, 0.15) is 79.4 Å². The predicted molar refractivity (Wildman–Crippen MR) is 104 cm³/mol. The summed E-state index contributed by atoms with van der Waals surface area (Å²) in [4.78, 5) is 12.8. The van der Waals surface area contributed by atoms with Crippen LogP contribution >= 0.6 is 0 Å². The van der Waals surface area contributed by atoms with Crippen LogP contribution in [-0.2, 0) is 11.2 Å². The molecule has 0 bridgehead atoms. The fourth-order valence-corrected chi connectivity index (χ4v) is 3.56. The zero-order valence-corrected chi connectivity index (χ0v) is 17.2. The molecule has 0 saturated carbocycles. The minimum absolute atomic E-state index is 0.0226. The highest BCUT2D eigenvalue weighted by Gasteiger charge is 2.36. The summed E-state index contributed by atoms with van der Waals surface area (Å²) in [6.45, 7) is 19.6. The Labute approximate surface area is 149 Å². The second-order valence-electron chi connectivity index (χ2n) is 9.73. The molecule has 1 amide bonds. The van der Waals surface area contributed by atoms with Crippen LogP contribution < -0.4 is 5.32 Å². The van der Waals surface area contributed by atoms with Crippen molar-refractivity contribution in [2.75, 3.05) is 0 Å². The van der Waals surface area contributed by atoms with Gasteiger partial charge in [0.05, 0.1) is 5.92 Å². The normalized spacial score (nSPS) is 14.1. The van der Waals surface area contributed by atoms with Crippen molar-refractivity contribution in [1.82, 2.24) is 5.32 Å². The molecule has 1 unspecified atom stereocenters. The molecule has 0 aliphatic heterocycles. The highest BCUT2D eigenvalue weighted by molar-refractivity contribution is 5.83. The van der Waals surface area contributed by atoms with Crippen molar-refractivity contribution in [2.45, 2.75) is 80.7 Å². The van der Waals surface area contributed by atoms with Gasteiger partial charge in [-0.3, -0.25) is 4.79 Å². The number of amides is 1. The van der Waals surface area contributed by atoms with Crippen LogP contribution in [0.2, 0.25) is 0 Å². The lowest BCUT2D eigenvalue weighted by Gasteiger charge is -2.41. The standard InChI is InChI=1S/C22H37NO/c1-15(2)14-17-10-12-18(13-11-17)16(3)19(24)23-20(21(4,5)6)22(7,8)9/h10-13,15-16,20H,14H2,1-9H3,(H,23,24). The first-order valence-corrected chi connectivity index (χ1v) is 9.21. The van der Waals surface area contributed by atoms with Gasteiger partial charge in [-0.2, -0.15) is 0 Å². The largest absolute Gasteiger partial charge is 0.352 e. The molecule has 1 aromatic rings. The minimum atomic E-state index is -0.134. The maximum absolute atomic E-state index is 12.8. The van der Waals surface area contributed by atoms with Crippen molar-refractivity contribution in [3.63, 3.8) is 0 Å². The third-order valence-corrected chi connectivity index (χ3v) is 4.54. The quantitative estimate of drug-likeness (QED) is 0.751. The Morgan fingerprint density at radius 1 is 0.917 bits per heavy atom. The molecule has 0 saturated heterocycles. The van der Waals surface area contributed by atoms with Crippen molar-refractivity contribution < 1.29 is 4.79 Å². The van der Waals surface area contributed by atoms with Crippen molar-refractivity contribution in [3.8, 4) is 0 Å². The lowest BCUT2D eigenvalue weighted by Crippen LogP contribution is -2.52. The van der Waals surface area contributed by atoms with E-state index in [0.717, 1.165) is 12.0 Å². The monoisotopic (exact) mass is 331 g/mol. The maximum Gasteiger partial charge on any atom is 0.227 e. The van der Waals surface area contributed by atoms with Crippen molar-refractivity contribution in [3.05, 3.63) is 35.4 Å². The third kappa shape index (κ3) is 5.96. The van der Waals surface area contributed by atoms with Crippen LogP contribution in [0.15, 0.2) is 24.3 Å². The fourth-order valence-electron chi connectivity index (χ4n) is 3.56. The molecule has 0 fully saturated rings. The molecule has 0 aromatic heterocycles. The number of carbonyl (C=O) groups excluding carboxylic acids is 1. The molecule has 1 rings (SSSR count). The van der Waals surface area contributed by atoms with Gasteiger partial charge in [0, 0.05) is 6.04 Å². The lowest BCUT2D eigenvalue weighted by atomic mass is 9.72. The van der Waals surface area contributed by atoms with E-state index in [1.165, 1.54) is 5.56 Å². The van der Waals surface area contributed by atoms with Gasteiger partial charge in [0.25, 0.3) is 0 Å². The molecule has 2 heteroatoms. The van der Waals surface area contributed by atoms with Crippen LogP contribution in [-0.4, -0.2) is 11.9 Å². The molecule has 2 nitrogen and oxygen atoms in total. The Morgan fingerprint density at radius 3 is 1.75 bits per heavy atom. The lowest BCUT2D eigenvalue weighted by molar-refractivity contribution is -0.124. The van der Waals surface area contributed by atoms with Gasteiger partial charge in [-0.15, -0.1) is 0 Å². The molecule has 0 spiro atoms. The van der Waals surface area contributed by atoms with Gasteiger partial charge < -0.3 is 5.32 Å². The van der Waals surface area contributed by atoms with Crippen LogP contribution in [0.25, 0.3) is 0 Å². The van der Waals surface area contributed by atoms with Gasteiger partial charge in [0.15, 0.2) is 0 Å². The molecule has 1 atom stereocenters. The molecule has 0 radical (unpaired) electrons. The Bertz CT molecular complexity index is 515. The highest BCUT2D eigenvalue weighted by Crippen LogP contribution is 2.34. The van der Waals surface area contributed by atoms with E-state index in [1.807, 2.05) is 6.92 Å². The van der Waals surface area contributed by atoms with Gasteiger partial charge >= 0.3 is 0 Å². The SMILES string of the molecule is CC(C)Cc1ccc(C(C)C(=O)NC(C(C)(C)C)C(C)(C)C)cc1. The Hall–Kier alpha value is -1.31. The summed E-state index contributed by atoms with van der Waals surface area (Å²) < 4.78 is 0.